The third kappa shape index (κ3) is 3.39. The second kappa shape index (κ2) is 6.57. The van der Waals surface area contributed by atoms with Gasteiger partial charge >= 0.3 is 0 Å². The van der Waals surface area contributed by atoms with Crippen molar-refractivity contribution in [2.45, 2.75) is 26.8 Å². The fourth-order valence-corrected chi connectivity index (χ4v) is 2.19. The van der Waals surface area contributed by atoms with E-state index in [-0.39, 0.29) is 5.56 Å². The molecule has 4 heteroatoms. The maximum Gasteiger partial charge on any atom is 0.259 e. The molecule has 4 nitrogen and oxygen atoms in total. The van der Waals surface area contributed by atoms with Crippen LogP contribution in [-0.4, -0.2) is 17.8 Å². The zero-order valence-corrected chi connectivity index (χ0v) is 12.1. The highest BCUT2D eigenvalue weighted by atomic mass is 16.5. The molecule has 2 N–H and O–H groups in total. The minimum atomic E-state index is -0.0236. The van der Waals surface area contributed by atoms with Gasteiger partial charge in [-0.25, -0.2) is 0 Å². The number of nitrogens with two attached hydrogens (primary N) is 1. The van der Waals surface area contributed by atoms with Crippen LogP contribution in [0.1, 0.15) is 20.3 Å². The molecule has 108 valence electrons. The van der Waals surface area contributed by atoms with Gasteiger partial charge in [-0.15, -0.1) is 0 Å². The number of benzene rings is 1. The molecule has 0 amide bonds. The van der Waals surface area contributed by atoms with Gasteiger partial charge in [-0.05, 0) is 29.9 Å². The Bertz CT molecular complexity index is 632. The van der Waals surface area contributed by atoms with Crippen molar-refractivity contribution in [1.82, 2.24) is 4.57 Å². The summed E-state index contributed by atoms with van der Waals surface area (Å²) in [6.07, 6.45) is 0.787. The summed E-state index contributed by atoms with van der Waals surface area (Å²) < 4.78 is 7.15. The summed E-state index contributed by atoms with van der Waals surface area (Å²) in [6.45, 7) is 6.23. The number of nitrogen functional groups attached to an aromatic ring is 1. The fraction of sp³-hybridized carbons (Fsp3) is 0.438. The Morgan fingerprint density at radius 2 is 2.05 bits per heavy atom. The van der Waals surface area contributed by atoms with Gasteiger partial charge in [0.05, 0.1) is 0 Å². The Morgan fingerprint density at radius 3 is 2.80 bits per heavy atom. The minimum Gasteiger partial charge on any atom is -0.385 e. The standard InChI is InChI=1S/C16H22N2O2/c1-12(2)11-20-9-5-8-18-15(17)10-13-6-3-4-7-14(13)16(18)19/h3-4,6-7,10,12H,5,8-9,11,17H2,1-2H3. The Kier molecular flexibility index (Phi) is 4.79. The maximum absolute atomic E-state index is 12.4. The molecule has 0 unspecified atom stereocenters. The highest BCUT2D eigenvalue weighted by Crippen LogP contribution is 2.13. The Morgan fingerprint density at radius 1 is 1.30 bits per heavy atom. The quantitative estimate of drug-likeness (QED) is 0.824. The zero-order valence-electron chi connectivity index (χ0n) is 12.1. The van der Waals surface area contributed by atoms with Crippen LogP contribution in [0.5, 0.6) is 0 Å². The second-order valence-corrected chi connectivity index (χ2v) is 5.44. The lowest BCUT2D eigenvalue weighted by Gasteiger charge is -2.12. The van der Waals surface area contributed by atoms with Crippen molar-refractivity contribution >= 4 is 16.6 Å². The number of rotatable bonds is 6. The third-order valence-electron chi connectivity index (χ3n) is 3.17. The number of anilines is 1. The van der Waals surface area contributed by atoms with Crippen molar-refractivity contribution in [2.75, 3.05) is 18.9 Å². The van der Waals surface area contributed by atoms with E-state index in [1.54, 1.807) is 4.57 Å². The van der Waals surface area contributed by atoms with E-state index in [1.165, 1.54) is 0 Å². The van der Waals surface area contributed by atoms with Gasteiger partial charge in [-0.2, -0.15) is 0 Å². The normalized spacial score (nSPS) is 11.3. The SMILES string of the molecule is CC(C)COCCCn1c(N)cc2ccccc2c1=O. The van der Waals surface area contributed by atoms with Gasteiger partial charge < -0.3 is 10.5 Å². The summed E-state index contributed by atoms with van der Waals surface area (Å²) >= 11 is 0. The molecule has 20 heavy (non-hydrogen) atoms. The van der Waals surface area contributed by atoms with Crippen LogP contribution in [0.25, 0.3) is 10.8 Å². The molecule has 0 saturated carbocycles. The van der Waals surface area contributed by atoms with E-state index in [0.717, 1.165) is 18.4 Å². The molecule has 1 aromatic carbocycles. The van der Waals surface area contributed by atoms with Crippen LogP contribution < -0.4 is 11.3 Å². The molecule has 0 bridgehead atoms. The molecule has 0 aliphatic carbocycles. The van der Waals surface area contributed by atoms with Crippen LogP contribution in [-0.2, 0) is 11.3 Å². The van der Waals surface area contributed by atoms with E-state index in [9.17, 15) is 4.79 Å². The first-order chi connectivity index (χ1) is 9.59. The summed E-state index contributed by atoms with van der Waals surface area (Å²) in [4.78, 5) is 12.4. The first-order valence-electron chi connectivity index (χ1n) is 7.05. The summed E-state index contributed by atoms with van der Waals surface area (Å²) in [7, 11) is 0. The topological polar surface area (TPSA) is 57.2 Å². The van der Waals surface area contributed by atoms with E-state index in [4.69, 9.17) is 10.5 Å². The van der Waals surface area contributed by atoms with Gasteiger partial charge in [0.15, 0.2) is 0 Å². The molecule has 2 aromatic rings. The molecule has 0 spiro atoms. The molecule has 0 aliphatic rings. The van der Waals surface area contributed by atoms with Gasteiger partial charge in [-0.3, -0.25) is 9.36 Å². The summed E-state index contributed by atoms with van der Waals surface area (Å²) in [5.41, 5.74) is 5.95. The van der Waals surface area contributed by atoms with Gasteiger partial charge in [0.2, 0.25) is 0 Å². The maximum atomic E-state index is 12.4. The number of hydrogen-bond donors (Lipinski definition) is 1. The molecule has 0 atom stereocenters. The van der Waals surface area contributed by atoms with E-state index in [0.29, 0.717) is 30.3 Å². The zero-order chi connectivity index (χ0) is 14.5. The molecular formula is C16H22N2O2. The van der Waals surface area contributed by atoms with Crippen molar-refractivity contribution in [2.24, 2.45) is 5.92 Å². The molecule has 1 aromatic heterocycles. The van der Waals surface area contributed by atoms with Gasteiger partial charge in [0.25, 0.3) is 5.56 Å². The lowest BCUT2D eigenvalue weighted by molar-refractivity contribution is 0.105. The van der Waals surface area contributed by atoms with Crippen LogP contribution in [0.3, 0.4) is 0 Å². The number of pyridine rings is 1. The van der Waals surface area contributed by atoms with Gasteiger partial charge in [-0.1, -0.05) is 32.0 Å². The van der Waals surface area contributed by atoms with Crippen LogP contribution in [0, 0.1) is 5.92 Å². The predicted molar refractivity (Wildman–Crippen MR) is 82.9 cm³/mol. The average molecular weight is 274 g/mol. The Balaban J connectivity index is 2.08. The number of ether oxygens (including phenoxy) is 1. The van der Waals surface area contributed by atoms with Crippen LogP contribution >= 0.6 is 0 Å². The number of hydrogen-bond acceptors (Lipinski definition) is 3. The Hall–Kier alpha value is -1.81. The second-order valence-electron chi connectivity index (χ2n) is 5.44. The first kappa shape index (κ1) is 14.6. The molecule has 1 heterocycles. The molecular weight excluding hydrogens is 252 g/mol. The van der Waals surface area contributed by atoms with Crippen LogP contribution in [0.2, 0.25) is 0 Å². The van der Waals surface area contributed by atoms with Crippen molar-refractivity contribution in [3.05, 3.63) is 40.7 Å². The van der Waals surface area contributed by atoms with E-state index >= 15 is 0 Å². The summed E-state index contributed by atoms with van der Waals surface area (Å²) in [5, 5.41) is 1.60. The van der Waals surface area contributed by atoms with Gasteiger partial charge in [0, 0.05) is 25.1 Å². The third-order valence-corrected chi connectivity index (χ3v) is 3.17. The van der Waals surface area contributed by atoms with E-state index in [1.807, 2.05) is 30.3 Å². The monoisotopic (exact) mass is 274 g/mol. The molecule has 0 aliphatic heterocycles. The highest BCUT2D eigenvalue weighted by molar-refractivity contribution is 5.83. The van der Waals surface area contributed by atoms with E-state index < -0.39 is 0 Å². The fourth-order valence-electron chi connectivity index (χ4n) is 2.19. The predicted octanol–water partition coefficient (Wildman–Crippen LogP) is 2.65. The van der Waals surface area contributed by atoms with Crippen molar-refractivity contribution in [3.63, 3.8) is 0 Å². The van der Waals surface area contributed by atoms with Gasteiger partial charge in [0.1, 0.15) is 5.82 Å². The first-order valence-corrected chi connectivity index (χ1v) is 7.05. The average Bonchev–Trinajstić information content (AvgIpc) is 2.41. The number of aromatic nitrogens is 1. The van der Waals surface area contributed by atoms with E-state index in [2.05, 4.69) is 13.8 Å². The van der Waals surface area contributed by atoms with Crippen LogP contribution in [0.15, 0.2) is 35.1 Å². The minimum absolute atomic E-state index is 0.0236. The summed E-state index contributed by atoms with van der Waals surface area (Å²) in [6, 6.07) is 9.37. The number of nitrogens with zero attached hydrogens (tertiary/aromatic N) is 1. The Labute approximate surface area is 119 Å². The van der Waals surface area contributed by atoms with Crippen molar-refractivity contribution in [3.8, 4) is 0 Å². The molecule has 0 fully saturated rings. The smallest absolute Gasteiger partial charge is 0.259 e. The van der Waals surface area contributed by atoms with Crippen molar-refractivity contribution < 1.29 is 4.74 Å². The molecule has 2 rings (SSSR count). The molecule has 0 saturated heterocycles. The highest BCUT2D eigenvalue weighted by Gasteiger charge is 2.06. The molecule has 0 radical (unpaired) electrons. The lowest BCUT2D eigenvalue weighted by atomic mass is 10.1. The number of fused-ring (bicyclic) bond motifs is 1. The lowest BCUT2D eigenvalue weighted by Crippen LogP contribution is -2.23. The van der Waals surface area contributed by atoms with Crippen molar-refractivity contribution in [1.29, 1.82) is 0 Å². The summed E-state index contributed by atoms with van der Waals surface area (Å²) in [5.74, 6) is 1.04. The van der Waals surface area contributed by atoms with Crippen LogP contribution in [0.4, 0.5) is 5.82 Å². The largest absolute Gasteiger partial charge is 0.385 e.